The van der Waals surface area contributed by atoms with Crippen molar-refractivity contribution >= 4 is 23.5 Å². The molecule has 1 aliphatic rings. The van der Waals surface area contributed by atoms with E-state index in [1.54, 1.807) is 7.11 Å². The molecule has 33 heavy (non-hydrogen) atoms. The lowest BCUT2D eigenvalue weighted by atomic mass is 10.1. The van der Waals surface area contributed by atoms with Gasteiger partial charge in [-0.05, 0) is 35.4 Å². The Balaban J connectivity index is 1.60. The summed E-state index contributed by atoms with van der Waals surface area (Å²) >= 11 is 6.12. The van der Waals surface area contributed by atoms with E-state index in [4.69, 9.17) is 21.1 Å². The highest BCUT2D eigenvalue weighted by Crippen LogP contribution is 2.25. The molecule has 1 atom stereocenters. The molecule has 1 saturated heterocycles. The molecule has 2 aromatic rings. The third-order valence-electron chi connectivity index (χ3n) is 5.73. The van der Waals surface area contributed by atoms with Gasteiger partial charge in [0.15, 0.2) is 0 Å². The Morgan fingerprint density at radius 3 is 2.45 bits per heavy atom. The van der Waals surface area contributed by atoms with Crippen molar-refractivity contribution in [1.29, 1.82) is 0 Å². The van der Waals surface area contributed by atoms with Crippen LogP contribution in [0.5, 0.6) is 5.75 Å². The first-order valence-corrected chi connectivity index (χ1v) is 11.4. The van der Waals surface area contributed by atoms with Crippen LogP contribution in [0.25, 0.3) is 0 Å². The van der Waals surface area contributed by atoms with E-state index in [2.05, 4.69) is 9.64 Å². The van der Waals surface area contributed by atoms with Gasteiger partial charge in [0.05, 0.1) is 33.4 Å². The molecule has 3 rings (SSSR count). The monoisotopic (exact) mass is 474 g/mol. The van der Waals surface area contributed by atoms with Crippen LogP contribution in [0, 0.1) is 0 Å². The number of carbonyl (C=O) groups excluding carboxylic acids is 2. The second-order valence-corrected chi connectivity index (χ2v) is 8.40. The molecule has 1 unspecified atom stereocenters. The number of carbonyl (C=O) groups is 2. The summed E-state index contributed by atoms with van der Waals surface area (Å²) in [7, 11) is 2.98. The Labute approximate surface area is 200 Å². The highest BCUT2D eigenvalue weighted by atomic mass is 35.5. The Kier molecular flexibility index (Phi) is 9.54. The maximum absolute atomic E-state index is 12.4. The molecule has 0 spiro atoms. The van der Waals surface area contributed by atoms with Crippen molar-refractivity contribution < 1.29 is 23.8 Å². The summed E-state index contributed by atoms with van der Waals surface area (Å²) in [5, 5.41) is 0.682. The van der Waals surface area contributed by atoms with E-state index in [1.807, 2.05) is 53.4 Å². The Morgan fingerprint density at radius 1 is 1.00 bits per heavy atom. The average molecular weight is 475 g/mol. The van der Waals surface area contributed by atoms with Crippen molar-refractivity contribution in [2.45, 2.75) is 25.6 Å². The number of ether oxygens (including phenoxy) is 3. The molecule has 0 saturated carbocycles. The minimum absolute atomic E-state index is 0.0124. The molecular formula is C25H31ClN2O5. The smallest absolute Gasteiger partial charge is 0.306 e. The highest BCUT2D eigenvalue weighted by molar-refractivity contribution is 6.30. The van der Waals surface area contributed by atoms with Gasteiger partial charge in [-0.2, -0.15) is 0 Å². The number of methoxy groups -OCH3 is 2. The first kappa shape index (κ1) is 25.0. The predicted octanol–water partition coefficient (Wildman–Crippen LogP) is 3.70. The lowest BCUT2D eigenvalue weighted by Crippen LogP contribution is -2.49. The number of halogens is 1. The topological polar surface area (TPSA) is 68.3 Å². The molecule has 0 aliphatic carbocycles. The van der Waals surface area contributed by atoms with Gasteiger partial charge in [0.25, 0.3) is 0 Å². The number of nitrogens with zero attached hydrogens (tertiary/aromatic N) is 2. The van der Waals surface area contributed by atoms with Gasteiger partial charge in [-0.3, -0.25) is 14.5 Å². The third-order valence-corrected chi connectivity index (χ3v) is 5.96. The van der Waals surface area contributed by atoms with Gasteiger partial charge in [-0.15, -0.1) is 0 Å². The molecule has 1 heterocycles. The third kappa shape index (κ3) is 7.74. The fraction of sp³-hybridized carbons (Fsp3) is 0.440. The van der Waals surface area contributed by atoms with Gasteiger partial charge in [0, 0.05) is 44.2 Å². The minimum Gasteiger partial charge on any atom is -0.497 e. The van der Waals surface area contributed by atoms with E-state index in [-0.39, 0.29) is 30.8 Å². The van der Waals surface area contributed by atoms with Crippen LogP contribution in [0.4, 0.5) is 0 Å². The number of piperazine rings is 1. The van der Waals surface area contributed by atoms with E-state index in [9.17, 15) is 9.59 Å². The molecule has 0 bridgehead atoms. The normalized spacial score (nSPS) is 15.2. The van der Waals surface area contributed by atoms with E-state index >= 15 is 0 Å². The zero-order valence-electron chi connectivity index (χ0n) is 19.2. The lowest BCUT2D eigenvalue weighted by molar-refractivity contribution is -0.144. The molecule has 2 aromatic carbocycles. The maximum Gasteiger partial charge on any atom is 0.306 e. The highest BCUT2D eigenvalue weighted by Gasteiger charge is 2.24. The molecule has 0 N–H and O–H groups in total. The van der Waals surface area contributed by atoms with E-state index in [0.717, 1.165) is 30.0 Å². The number of hydrogen-bond donors (Lipinski definition) is 0. The summed E-state index contributed by atoms with van der Waals surface area (Å²) in [5.41, 5.74) is 2.05. The van der Waals surface area contributed by atoms with Gasteiger partial charge in [0.2, 0.25) is 5.91 Å². The molecule has 0 radical (unpaired) electrons. The number of benzene rings is 2. The number of esters is 1. The quantitative estimate of drug-likeness (QED) is 0.489. The fourth-order valence-electron chi connectivity index (χ4n) is 3.80. The van der Waals surface area contributed by atoms with E-state index < -0.39 is 0 Å². The van der Waals surface area contributed by atoms with Crippen LogP contribution in [0.1, 0.15) is 30.1 Å². The van der Waals surface area contributed by atoms with Crippen molar-refractivity contribution in [1.82, 2.24) is 9.80 Å². The van der Waals surface area contributed by atoms with Crippen molar-refractivity contribution in [3.05, 3.63) is 64.7 Å². The average Bonchev–Trinajstić information content (AvgIpc) is 2.85. The second kappa shape index (κ2) is 12.6. The molecule has 1 aliphatic heterocycles. The van der Waals surface area contributed by atoms with Crippen molar-refractivity contribution in [3.8, 4) is 5.75 Å². The fourth-order valence-corrected chi connectivity index (χ4v) is 4.02. The van der Waals surface area contributed by atoms with Gasteiger partial charge in [-0.25, -0.2) is 0 Å². The summed E-state index contributed by atoms with van der Waals surface area (Å²) < 4.78 is 16.4. The molecular weight excluding hydrogens is 444 g/mol. The number of hydrogen-bond acceptors (Lipinski definition) is 6. The van der Waals surface area contributed by atoms with Crippen LogP contribution in [-0.2, 0) is 25.7 Å². The summed E-state index contributed by atoms with van der Waals surface area (Å²) in [6, 6.07) is 15.6. The Bertz CT molecular complexity index is 931. The molecule has 7 nitrogen and oxygen atoms in total. The summed E-state index contributed by atoms with van der Waals surface area (Å²) in [6.45, 7) is 3.86. The predicted molar refractivity (Wildman–Crippen MR) is 126 cm³/mol. The van der Waals surface area contributed by atoms with Crippen molar-refractivity contribution in [3.63, 3.8) is 0 Å². The SMILES string of the molecule is COC(=O)CCC(=O)N1CCN(CC(OCc2cccc(Cl)c2)c2cccc(OC)c2)CC1. The molecule has 178 valence electrons. The van der Waals surface area contributed by atoms with Crippen molar-refractivity contribution in [2.24, 2.45) is 0 Å². The Hall–Kier alpha value is -2.61. The molecule has 8 heteroatoms. The van der Waals surface area contributed by atoms with E-state index in [1.165, 1.54) is 7.11 Å². The largest absolute Gasteiger partial charge is 0.497 e. The lowest BCUT2D eigenvalue weighted by Gasteiger charge is -2.36. The van der Waals surface area contributed by atoms with Gasteiger partial charge in [-0.1, -0.05) is 35.9 Å². The first-order chi connectivity index (χ1) is 16.0. The zero-order chi connectivity index (χ0) is 23.6. The van der Waals surface area contributed by atoms with Crippen LogP contribution < -0.4 is 4.74 Å². The van der Waals surface area contributed by atoms with Crippen LogP contribution in [0.3, 0.4) is 0 Å². The maximum atomic E-state index is 12.4. The first-order valence-electron chi connectivity index (χ1n) is 11.1. The van der Waals surface area contributed by atoms with E-state index in [0.29, 0.717) is 31.3 Å². The minimum atomic E-state index is -0.361. The second-order valence-electron chi connectivity index (χ2n) is 7.96. The van der Waals surface area contributed by atoms with Gasteiger partial charge >= 0.3 is 5.97 Å². The summed E-state index contributed by atoms with van der Waals surface area (Å²) in [4.78, 5) is 27.8. The number of amides is 1. The molecule has 1 amide bonds. The standard InChI is InChI=1S/C25H31ClN2O5/c1-31-22-8-4-6-20(16-22)23(33-18-19-5-3-7-21(26)15-19)17-27-11-13-28(14-12-27)24(29)9-10-25(30)32-2/h3-8,15-16,23H,9-14,17-18H2,1-2H3. The van der Waals surface area contributed by atoms with Gasteiger partial charge < -0.3 is 19.1 Å². The summed E-state index contributed by atoms with van der Waals surface area (Å²) in [5.74, 6) is 0.409. The molecule has 1 fully saturated rings. The molecule has 0 aromatic heterocycles. The van der Waals surface area contributed by atoms with Crippen molar-refractivity contribution in [2.75, 3.05) is 46.9 Å². The van der Waals surface area contributed by atoms with Crippen LogP contribution in [0.15, 0.2) is 48.5 Å². The number of rotatable bonds is 10. The summed E-state index contributed by atoms with van der Waals surface area (Å²) in [6.07, 6.45) is 0.132. The zero-order valence-corrected chi connectivity index (χ0v) is 19.9. The van der Waals surface area contributed by atoms with Gasteiger partial charge in [0.1, 0.15) is 5.75 Å². The Morgan fingerprint density at radius 2 is 1.76 bits per heavy atom. The van der Waals surface area contributed by atoms with Crippen LogP contribution in [-0.4, -0.2) is 68.6 Å². The van der Waals surface area contributed by atoms with Crippen LogP contribution in [0.2, 0.25) is 5.02 Å². The van der Waals surface area contributed by atoms with Crippen LogP contribution >= 0.6 is 11.6 Å².